The molecule has 0 unspecified atom stereocenters. The lowest BCUT2D eigenvalue weighted by atomic mass is 10.1. The number of nitrogens with zero attached hydrogens (tertiary/aromatic N) is 2. The van der Waals surface area contributed by atoms with Gasteiger partial charge in [0.1, 0.15) is 22.8 Å². The molecule has 1 aliphatic heterocycles. The van der Waals surface area contributed by atoms with E-state index >= 15 is 0 Å². The third-order valence-electron chi connectivity index (χ3n) is 6.58. The summed E-state index contributed by atoms with van der Waals surface area (Å²) in [7, 11) is 4.65. The van der Waals surface area contributed by atoms with Gasteiger partial charge in [-0.15, -0.1) is 0 Å². The van der Waals surface area contributed by atoms with E-state index in [1.54, 1.807) is 18.8 Å². The van der Waals surface area contributed by atoms with Crippen molar-refractivity contribution < 1.29 is 23.7 Å². The van der Waals surface area contributed by atoms with E-state index in [0.717, 1.165) is 42.7 Å². The van der Waals surface area contributed by atoms with Crippen LogP contribution in [0.3, 0.4) is 0 Å². The minimum Gasteiger partial charge on any atom is -0.496 e. The van der Waals surface area contributed by atoms with Gasteiger partial charge in [0.25, 0.3) is 5.56 Å². The molecule has 0 amide bonds. The number of ether oxygens (including phenoxy) is 4. The Kier molecular flexibility index (Phi) is 7.23. The molecular formula is C25H32N2O6. The largest absolute Gasteiger partial charge is 0.496 e. The lowest BCUT2D eigenvalue weighted by molar-refractivity contribution is 0.0590. The van der Waals surface area contributed by atoms with Crippen molar-refractivity contribution in [1.29, 1.82) is 0 Å². The zero-order chi connectivity index (χ0) is 23.4. The van der Waals surface area contributed by atoms with E-state index in [4.69, 9.17) is 18.9 Å². The van der Waals surface area contributed by atoms with Crippen molar-refractivity contribution in [2.24, 2.45) is 0 Å². The number of rotatable bonds is 7. The molecule has 1 aliphatic carbocycles. The number of hydrogen-bond donors (Lipinski definition) is 0. The molecule has 0 atom stereocenters. The maximum absolute atomic E-state index is 13.0. The predicted octanol–water partition coefficient (Wildman–Crippen LogP) is 3.03. The fourth-order valence-corrected chi connectivity index (χ4v) is 4.86. The van der Waals surface area contributed by atoms with Crippen molar-refractivity contribution in [3.05, 3.63) is 51.4 Å². The van der Waals surface area contributed by atoms with Gasteiger partial charge in [-0.2, -0.15) is 0 Å². The molecule has 178 valence electrons. The highest BCUT2D eigenvalue weighted by molar-refractivity contribution is 5.93. The molecule has 0 radical (unpaired) electrons. The molecule has 2 heterocycles. The first-order chi connectivity index (χ1) is 16.0. The van der Waals surface area contributed by atoms with Gasteiger partial charge in [0.15, 0.2) is 0 Å². The lowest BCUT2D eigenvalue weighted by Crippen LogP contribution is -2.29. The van der Waals surface area contributed by atoms with Gasteiger partial charge in [0.05, 0.1) is 33.0 Å². The lowest BCUT2D eigenvalue weighted by Gasteiger charge is -2.22. The summed E-state index contributed by atoms with van der Waals surface area (Å²) in [5.41, 5.74) is 1.86. The Bertz CT molecular complexity index is 1040. The van der Waals surface area contributed by atoms with Crippen LogP contribution in [0.1, 0.15) is 47.3 Å². The Morgan fingerprint density at radius 2 is 1.70 bits per heavy atom. The number of benzene rings is 1. The van der Waals surface area contributed by atoms with Crippen molar-refractivity contribution in [3.63, 3.8) is 0 Å². The van der Waals surface area contributed by atoms with E-state index in [1.165, 1.54) is 13.2 Å². The zero-order valence-corrected chi connectivity index (χ0v) is 19.6. The first-order valence-electron chi connectivity index (χ1n) is 11.5. The van der Waals surface area contributed by atoms with Crippen molar-refractivity contribution >= 4 is 5.97 Å². The van der Waals surface area contributed by atoms with E-state index in [1.807, 2.05) is 18.2 Å². The topological polar surface area (TPSA) is 79.2 Å². The first kappa shape index (κ1) is 23.2. The van der Waals surface area contributed by atoms with Gasteiger partial charge in [0, 0.05) is 44.4 Å². The first-order valence-corrected chi connectivity index (χ1v) is 11.5. The maximum Gasteiger partial charge on any atom is 0.343 e. The summed E-state index contributed by atoms with van der Waals surface area (Å²) in [5.74, 6) is 1.41. The fourth-order valence-electron chi connectivity index (χ4n) is 4.86. The fraction of sp³-hybridized carbons (Fsp3) is 0.520. The average Bonchev–Trinajstić information content (AvgIpc) is 3.25. The number of aromatic nitrogens is 1. The number of carbonyl (C=O) groups excluding carboxylic acids is 1. The molecule has 1 aromatic heterocycles. The number of pyridine rings is 1. The average molecular weight is 457 g/mol. The monoisotopic (exact) mass is 456 g/mol. The van der Waals surface area contributed by atoms with Crippen molar-refractivity contribution in [2.75, 3.05) is 34.4 Å². The Morgan fingerprint density at radius 3 is 2.33 bits per heavy atom. The second-order valence-corrected chi connectivity index (χ2v) is 8.50. The summed E-state index contributed by atoms with van der Waals surface area (Å²) in [4.78, 5) is 28.0. The molecule has 2 aliphatic rings. The molecule has 8 heteroatoms. The Labute approximate surface area is 194 Å². The number of carbonyl (C=O) groups is 1. The van der Waals surface area contributed by atoms with Crippen LogP contribution in [0.4, 0.5) is 0 Å². The van der Waals surface area contributed by atoms with Crippen LogP contribution in [0.2, 0.25) is 0 Å². The molecule has 1 fully saturated rings. The SMILES string of the molecule is COC(=O)c1c(OC2CCCC2)cc(=O)n2c1CCN(Cc1c(OC)cccc1OC)CC2. The minimum atomic E-state index is -0.466. The summed E-state index contributed by atoms with van der Waals surface area (Å²) >= 11 is 0. The number of fused-ring (bicyclic) bond motifs is 1. The molecule has 8 nitrogen and oxygen atoms in total. The van der Waals surface area contributed by atoms with Gasteiger partial charge in [-0.25, -0.2) is 4.79 Å². The van der Waals surface area contributed by atoms with Crippen molar-refractivity contribution in [3.8, 4) is 17.2 Å². The molecule has 0 saturated heterocycles. The summed E-state index contributed by atoms with van der Waals surface area (Å²) in [5, 5.41) is 0. The highest BCUT2D eigenvalue weighted by Gasteiger charge is 2.28. The third-order valence-corrected chi connectivity index (χ3v) is 6.58. The molecule has 0 N–H and O–H groups in total. The quantitative estimate of drug-likeness (QED) is 0.593. The normalized spacial score (nSPS) is 16.7. The van der Waals surface area contributed by atoms with Crippen LogP contribution >= 0.6 is 0 Å². The molecule has 1 saturated carbocycles. The van der Waals surface area contributed by atoms with Gasteiger partial charge in [-0.1, -0.05) is 6.07 Å². The third kappa shape index (κ3) is 4.85. The molecule has 0 spiro atoms. The van der Waals surface area contributed by atoms with Crippen LogP contribution < -0.4 is 19.8 Å². The summed E-state index contributed by atoms with van der Waals surface area (Å²) in [6.07, 6.45) is 4.64. The van der Waals surface area contributed by atoms with Crippen LogP contribution in [0, 0.1) is 0 Å². The number of methoxy groups -OCH3 is 3. The Morgan fingerprint density at radius 1 is 1.00 bits per heavy atom. The zero-order valence-electron chi connectivity index (χ0n) is 19.6. The highest BCUT2D eigenvalue weighted by atomic mass is 16.5. The molecular weight excluding hydrogens is 424 g/mol. The number of esters is 1. The van der Waals surface area contributed by atoms with E-state index in [2.05, 4.69) is 4.90 Å². The highest BCUT2D eigenvalue weighted by Crippen LogP contribution is 2.32. The Balaban J connectivity index is 1.63. The summed E-state index contributed by atoms with van der Waals surface area (Å²) in [6, 6.07) is 7.17. The second kappa shape index (κ2) is 10.3. The van der Waals surface area contributed by atoms with Crippen LogP contribution in [-0.4, -0.2) is 56.0 Å². The maximum atomic E-state index is 13.0. The molecule has 33 heavy (non-hydrogen) atoms. The van der Waals surface area contributed by atoms with E-state index in [-0.39, 0.29) is 11.7 Å². The van der Waals surface area contributed by atoms with Crippen LogP contribution in [-0.2, 0) is 24.2 Å². The number of hydrogen-bond acceptors (Lipinski definition) is 7. The Hall–Kier alpha value is -3.00. The summed E-state index contributed by atoms with van der Waals surface area (Å²) < 4.78 is 24.0. The van der Waals surface area contributed by atoms with Gasteiger partial charge in [-0.3, -0.25) is 9.69 Å². The van der Waals surface area contributed by atoms with Crippen LogP contribution in [0.5, 0.6) is 17.2 Å². The molecule has 0 bridgehead atoms. The van der Waals surface area contributed by atoms with Gasteiger partial charge in [0.2, 0.25) is 0 Å². The second-order valence-electron chi connectivity index (χ2n) is 8.50. The van der Waals surface area contributed by atoms with E-state index < -0.39 is 5.97 Å². The standard InChI is InChI=1S/C25H32N2O6/c1-30-20-9-6-10-21(31-2)18(20)16-26-12-11-19-24(25(29)32-3)22(33-17-7-4-5-8-17)15-23(28)27(19)14-13-26/h6,9-10,15,17H,4-5,7-8,11-14,16H2,1-3H3. The van der Waals surface area contributed by atoms with Crippen LogP contribution in [0.25, 0.3) is 0 Å². The van der Waals surface area contributed by atoms with Gasteiger partial charge >= 0.3 is 5.97 Å². The smallest absolute Gasteiger partial charge is 0.343 e. The molecule has 4 rings (SSSR count). The van der Waals surface area contributed by atoms with E-state index in [9.17, 15) is 9.59 Å². The van der Waals surface area contributed by atoms with Gasteiger partial charge < -0.3 is 23.5 Å². The minimum absolute atomic E-state index is 0.0381. The predicted molar refractivity (Wildman–Crippen MR) is 123 cm³/mol. The molecule has 1 aromatic carbocycles. The van der Waals surface area contributed by atoms with Crippen LogP contribution in [0.15, 0.2) is 29.1 Å². The summed E-state index contributed by atoms with van der Waals surface area (Å²) in [6.45, 7) is 2.39. The van der Waals surface area contributed by atoms with Crippen molar-refractivity contribution in [1.82, 2.24) is 9.47 Å². The molecule has 2 aromatic rings. The van der Waals surface area contributed by atoms with Crippen molar-refractivity contribution in [2.45, 2.75) is 51.3 Å². The van der Waals surface area contributed by atoms with Gasteiger partial charge in [-0.05, 0) is 37.8 Å². The van der Waals surface area contributed by atoms with E-state index in [0.29, 0.717) is 49.6 Å².